The molecule has 1 aromatic carbocycles. The van der Waals surface area contributed by atoms with Gasteiger partial charge in [-0.25, -0.2) is 0 Å². The number of nitrogens with two attached hydrogens (primary N) is 2. The average molecular weight is 237 g/mol. The Bertz CT molecular complexity index is 389. The van der Waals surface area contributed by atoms with Gasteiger partial charge in [-0.1, -0.05) is 0 Å². The van der Waals surface area contributed by atoms with Crippen LogP contribution in [-0.4, -0.2) is 31.5 Å². The van der Waals surface area contributed by atoms with Crippen molar-refractivity contribution in [3.05, 3.63) is 29.8 Å². The average Bonchev–Trinajstić information content (AvgIpc) is 2.34. The Kier molecular flexibility index (Phi) is 4.96. The fraction of sp³-hybridized carbons (Fsp3) is 0.273. The lowest BCUT2D eigenvalue weighted by atomic mass is 10.2. The molecule has 17 heavy (non-hydrogen) atoms. The third-order valence-corrected chi connectivity index (χ3v) is 1.93. The molecular weight excluding hydrogens is 222 g/mol. The van der Waals surface area contributed by atoms with Crippen molar-refractivity contribution in [2.45, 2.75) is 0 Å². The minimum Gasteiger partial charge on any atom is -0.484 e. The number of carbonyl (C=O) groups excluding carboxylic acids is 2. The normalized spacial score (nSPS) is 9.71. The zero-order chi connectivity index (χ0) is 12.7. The Labute approximate surface area is 98.9 Å². The highest BCUT2D eigenvalue weighted by Gasteiger charge is 2.04. The number of hydrogen-bond acceptors (Lipinski definition) is 4. The molecule has 0 aliphatic heterocycles. The van der Waals surface area contributed by atoms with Gasteiger partial charge in [-0.3, -0.25) is 9.59 Å². The summed E-state index contributed by atoms with van der Waals surface area (Å²) in [6, 6.07) is 6.39. The van der Waals surface area contributed by atoms with Gasteiger partial charge in [-0.05, 0) is 24.3 Å². The van der Waals surface area contributed by atoms with Gasteiger partial charge in [0.1, 0.15) is 5.75 Å². The number of benzene rings is 1. The minimum atomic E-state index is -0.547. The zero-order valence-corrected chi connectivity index (χ0v) is 9.31. The molecule has 0 aliphatic carbocycles. The van der Waals surface area contributed by atoms with E-state index in [1.807, 2.05) is 0 Å². The molecule has 2 amide bonds. The largest absolute Gasteiger partial charge is 0.484 e. The molecule has 6 nitrogen and oxygen atoms in total. The van der Waals surface area contributed by atoms with Gasteiger partial charge in [0.15, 0.2) is 6.61 Å². The van der Waals surface area contributed by atoms with Crippen molar-refractivity contribution >= 4 is 11.8 Å². The van der Waals surface area contributed by atoms with Crippen LogP contribution >= 0.6 is 0 Å². The van der Waals surface area contributed by atoms with Gasteiger partial charge < -0.3 is 21.5 Å². The molecule has 0 radical (unpaired) electrons. The molecule has 0 unspecified atom stereocenters. The maximum absolute atomic E-state index is 11.5. The summed E-state index contributed by atoms with van der Waals surface area (Å²) in [5.41, 5.74) is 10.7. The van der Waals surface area contributed by atoms with Crippen molar-refractivity contribution in [3.63, 3.8) is 0 Å². The number of nitrogens with one attached hydrogen (secondary N) is 1. The molecule has 5 N–H and O–H groups in total. The highest BCUT2D eigenvalue weighted by Crippen LogP contribution is 2.11. The van der Waals surface area contributed by atoms with E-state index in [9.17, 15) is 9.59 Å². The first-order valence-electron chi connectivity index (χ1n) is 5.13. The minimum absolute atomic E-state index is 0.182. The van der Waals surface area contributed by atoms with Gasteiger partial charge in [0.05, 0.1) is 0 Å². The van der Waals surface area contributed by atoms with E-state index in [-0.39, 0.29) is 12.5 Å². The summed E-state index contributed by atoms with van der Waals surface area (Å²) in [6.07, 6.45) is 0. The van der Waals surface area contributed by atoms with E-state index in [0.29, 0.717) is 24.4 Å². The second-order valence-electron chi connectivity index (χ2n) is 3.32. The lowest BCUT2D eigenvalue weighted by Crippen LogP contribution is -2.28. The van der Waals surface area contributed by atoms with E-state index in [0.717, 1.165) is 0 Å². The fourth-order valence-electron chi connectivity index (χ4n) is 1.14. The summed E-state index contributed by atoms with van der Waals surface area (Å²) >= 11 is 0. The van der Waals surface area contributed by atoms with E-state index >= 15 is 0 Å². The number of carbonyl (C=O) groups is 2. The lowest BCUT2D eigenvalue weighted by Gasteiger charge is -2.06. The molecule has 0 heterocycles. The predicted molar refractivity (Wildman–Crippen MR) is 62.5 cm³/mol. The van der Waals surface area contributed by atoms with Gasteiger partial charge in [-0.15, -0.1) is 0 Å². The van der Waals surface area contributed by atoms with Gasteiger partial charge in [0.25, 0.3) is 11.8 Å². The van der Waals surface area contributed by atoms with Crippen LogP contribution in [0.3, 0.4) is 0 Å². The maximum atomic E-state index is 11.5. The molecule has 1 rings (SSSR count). The van der Waals surface area contributed by atoms with Crippen molar-refractivity contribution in [2.75, 3.05) is 19.7 Å². The van der Waals surface area contributed by atoms with Crippen LogP contribution in [0.5, 0.6) is 5.75 Å². The summed E-state index contributed by atoms with van der Waals surface area (Å²) < 4.78 is 5.06. The first-order valence-corrected chi connectivity index (χ1v) is 5.13. The van der Waals surface area contributed by atoms with Crippen LogP contribution in [0.2, 0.25) is 0 Å². The SMILES string of the molecule is NCCNC(=O)c1ccc(OCC(N)=O)cc1. The number of primary amides is 1. The molecule has 0 spiro atoms. The Morgan fingerprint density at radius 2 is 1.88 bits per heavy atom. The van der Waals surface area contributed by atoms with Crippen molar-refractivity contribution in [1.29, 1.82) is 0 Å². The van der Waals surface area contributed by atoms with Crippen LogP contribution in [0, 0.1) is 0 Å². The van der Waals surface area contributed by atoms with E-state index in [4.69, 9.17) is 16.2 Å². The summed E-state index contributed by atoms with van der Waals surface area (Å²) in [6.45, 7) is 0.642. The van der Waals surface area contributed by atoms with Crippen LogP contribution in [0.1, 0.15) is 10.4 Å². The Balaban J connectivity index is 2.55. The van der Waals surface area contributed by atoms with Crippen molar-refractivity contribution in [3.8, 4) is 5.75 Å². The van der Waals surface area contributed by atoms with Crippen molar-refractivity contribution in [1.82, 2.24) is 5.32 Å². The van der Waals surface area contributed by atoms with Gasteiger partial charge in [0, 0.05) is 18.7 Å². The zero-order valence-electron chi connectivity index (χ0n) is 9.31. The van der Waals surface area contributed by atoms with E-state index in [1.165, 1.54) is 0 Å². The Hall–Kier alpha value is -2.08. The predicted octanol–water partition coefficient (Wildman–Crippen LogP) is -0.761. The first kappa shape index (κ1) is 13.0. The number of amides is 2. The van der Waals surface area contributed by atoms with E-state index in [1.54, 1.807) is 24.3 Å². The molecular formula is C11H15N3O3. The molecule has 0 atom stereocenters. The molecule has 0 aromatic heterocycles. The smallest absolute Gasteiger partial charge is 0.255 e. The number of hydrogen-bond donors (Lipinski definition) is 3. The highest BCUT2D eigenvalue weighted by molar-refractivity contribution is 5.94. The monoisotopic (exact) mass is 237 g/mol. The number of ether oxygens (including phenoxy) is 1. The first-order chi connectivity index (χ1) is 8.13. The summed E-state index contributed by atoms with van der Waals surface area (Å²) in [7, 11) is 0. The van der Waals surface area contributed by atoms with Crippen LogP contribution in [0.15, 0.2) is 24.3 Å². The molecule has 6 heteroatoms. The molecule has 0 fully saturated rings. The van der Waals surface area contributed by atoms with Crippen molar-refractivity contribution < 1.29 is 14.3 Å². The van der Waals surface area contributed by atoms with Gasteiger partial charge in [-0.2, -0.15) is 0 Å². The fourth-order valence-corrected chi connectivity index (χ4v) is 1.14. The van der Waals surface area contributed by atoms with E-state index < -0.39 is 5.91 Å². The van der Waals surface area contributed by atoms with Crippen LogP contribution in [0.25, 0.3) is 0 Å². The van der Waals surface area contributed by atoms with Crippen LogP contribution in [-0.2, 0) is 4.79 Å². The Morgan fingerprint density at radius 3 is 2.41 bits per heavy atom. The second-order valence-corrected chi connectivity index (χ2v) is 3.32. The topological polar surface area (TPSA) is 107 Å². The van der Waals surface area contributed by atoms with Crippen LogP contribution in [0.4, 0.5) is 0 Å². The molecule has 0 aliphatic rings. The third kappa shape index (κ3) is 4.52. The van der Waals surface area contributed by atoms with Gasteiger partial charge >= 0.3 is 0 Å². The summed E-state index contributed by atoms with van der Waals surface area (Å²) in [5.74, 6) is -0.258. The second kappa shape index (κ2) is 6.49. The molecule has 0 saturated carbocycles. The van der Waals surface area contributed by atoms with Crippen molar-refractivity contribution in [2.24, 2.45) is 11.5 Å². The lowest BCUT2D eigenvalue weighted by molar-refractivity contribution is -0.119. The van der Waals surface area contributed by atoms with Gasteiger partial charge in [0.2, 0.25) is 0 Å². The van der Waals surface area contributed by atoms with E-state index in [2.05, 4.69) is 5.32 Å². The standard InChI is InChI=1S/C11H15N3O3/c12-5-6-14-11(16)8-1-3-9(4-2-8)17-7-10(13)15/h1-4H,5-7,12H2,(H2,13,15)(H,14,16). The summed E-state index contributed by atoms with van der Waals surface area (Å²) in [4.78, 5) is 22.0. The third-order valence-electron chi connectivity index (χ3n) is 1.93. The van der Waals surface area contributed by atoms with Crippen LogP contribution < -0.4 is 21.5 Å². The molecule has 92 valence electrons. The number of rotatable bonds is 6. The molecule has 0 saturated heterocycles. The molecule has 0 bridgehead atoms. The quantitative estimate of drug-likeness (QED) is 0.604. The Morgan fingerprint density at radius 1 is 1.24 bits per heavy atom. The molecule has 1 aromatic rings. The highest BCUT2D eigenvalue weighted by atomic mass is 16.5. The maximum Gasteiger partial charge on any atom is 0.255 e. The summed E-state index contributed by atoms with van der Waals surface area (Å²) in [5, 5.41) is 2.64.